The first-order valence-corrected chi connectivity index (χ1v) is 6.91. The summed E-state index contributed by atoms with van der Waals surface area (Å²) in [4.78, 5) is 13.0. The van der Waals surface area contributed by atoms with Gasteiger partial charge in [-0.3, -0.25) is 4.79 Å². The van der Waals surface area contributed by atoms with Crippen molar-refractivity contribution in [2.45, 2.75) is 13.8 Å². The van der Waals surface area contributed by atoms with E-state index in [1.807, 2.05) is 36.1 Å². The van der Waals surface area contributed by atoms with E-state index < -0.39 is 0 Å². The number of thiophene rings is 2. The third-order valence-corrected chi connectivity index (χ3v) is 4.17. The second-order valence-electron chi connectivity index (χ2n) is 3.59. The van der Waals surface area contributed by atoms with Gasteiger partial charge >= 0.3 is 0 Å². The predicted octanol–water partition coefficient (Wildman–Crippen LogP) is 3.19. The summed E-state index contributed by atoms with van der Waals surface area (Å²) in [6, 6.07) is 1.94. The zero-order valence-electron chi connectivity index (χ0n) is 9.56. The minimum absolute atomic E-state index is 0.154. The molecule has 0 atom stereocenters. The Hall–Kier alpha value is -1.46. The molecule has 1 N–H and O–H groups in total. The normalized spacial score (nSPS) is 10.9. The first-order chi connectivity index (χ1) is 8.18. The van der Waals surface area contributed by atoms with Crippen molar-refractivity contribution in [2.75, 3.05) is 0 Å². The molecule has 88 valence electrons. The van der Waals surface area contributed by atoms with E-state index in [0.29, 0.717) is 5.56 Å². The van der Waals surface area contributed by atoms with Crippen LogP contribution in [0.15, 0.2) is 27.3 Å². The predicted molar refractivity (Wildman–Crippen MR) is 73.2 cm³/mol. The molecule has 2 rings (SSSR count). The van der Waals surface area contributed by atoms with Gasteiger partial charge in [-0.1, -0.05) is 0 Å². The Labute approximate surface area is 108 Å². The van der Waals surface area contributed by atoms with Gasteiger partial charge in [-0.25, -0.2) is 5.43 Å². The number of carbonyl (C=O) groups excluding carboxylic acids is 1. The maximum Gasteiger partial charge on any atom is 0.272 e. The van der Waals surface area contributed by atoms with E-state index >= 15 is 0 Å². The number of rotatable bonds is 3. The molecule has 2 aromatic heterocycles. The van der Waals surface area contributed by atoms with Crippen molar-refractivity contribution in [1.82, 2.24) is 5.43 Å². The van der Waals surface area contributed by atoms with Crippen LogP contribution >= 0.6 is 22.7 Å². The SMILES string of the molecule is Cc1scc(C(=O)NN=Cc2ccsc2)c1C. The Bertz CT molecular complexity index is 541. The zero-order chi connectivity index (χ0) is 12.3. The average Bonchev–Trinajstić information content (AvgIpc) is 2.91. The Kier molecular flexibility index (Phi) is 3.71. The van der Waals surface area contributed by atoms with Crippen LogP contribution in [0.5, 0.6) is 0 Å². The summed E-state index contributed by atoms with van der Waals surface area (Å²) in [5.41, 5.74) is 5.26. The summed E-state index contributed by atoms with van der Waals surface area (Å²) < 4.78 is 0. The van der Waals surface area contributed by atoms with Crippen molar-refractivity contribution in [1.29, 1.82) is 0 Å². The van der Waals surface area contributed by atoms with Crippen LogP contribution in [0, 0.1) is 13.8 Å². The highest BCUT2D eigenvalue weighted by atomic mass is 32.1. The quantitative estimate of drug-likeness (QED) is 0.671. The van der Waals surface area contributed by atoms with Crippen molar-refractivity contribution < 1.29 is 4.79 Å². The van der Waals surface area contributed by atoms with Crippen LogP contribution in [-0.4, -0.2) is 12.1 Å². The molecule has 0 bridgehead atoms. The lowest BCUT2D eigenvalue weighted by Crippen LogP contribution is -2.17. The molecule has 2 aromatic rings. The van der Waals surface area contributed by atoms with Gasteiger partial charge in [0, 0.05) is 15.8 Å². The lowest BCUT2D eigenvalue weighted by atomic mass is 10.2. The molecule has 0 unspecified atom stereocenters. The largest absolute Gasteiger partial charge is 0.272 e. The van der Waals surface area contributed by atoms with Crippen LogP contribution in [0.4, 0.5) is 0 Å². The van der Waals surface area contributed by atoms with Gasteiger partial charge in [0.25, 0.3) is 5.91 Å². The third-order valence-electron chi connectivity index (χ3n) is 2.45. The Balaban J connectivity index is 2.01. The number of nitrogens with one attached hydrogen (secondary N) is 1. The summed E-state index contributed by atoms with van der Waals surface area (Å²) >= 11 is 3.18. The highest BCUT2D eigenvalue weighted by molar-refractivity contribution is 7.10. The van der Waals surface area contributed by atoms with E-state index in [1.54, 1.807) is 28.9 Å². The van der Waals surface area contributed by atoms with E-state index in [9.17, 15) is 4.79 Å². The molecule has 1 amide bonds. The van der Waals surface area contributed by atoms with E-state index in [4.69, 9.17) is 0 Å². The fraction of sp³-hybridized carbons (Fsp3) is 0.167. The molecule has 0 aromatic carbocycles. The number of hydrazone groups is 1. The molecular weight excluding hydrogens is 252 g/mol. The van der Waals surface area contributed by atoms with Crippen LogP contribution in [0.1, 0.15) is 26.4 Å². The van der Waals surface area contributed by atoms with Crippen molar-refractivity contribution in [3.8, 4) is 0 Å². The average molecular weight is 264 g/mol. The fourth-order valence-electron chi connectivity index (χ4n) is 1.31. The number of hydrogen-bond donors (Lipinski definition) is 1. The van der Waals surface area contributed by atoms with Crippen molar-refractivity contribution >= 4 is 34.8 Å². The summed E-state index contributed by atoms with van der Waals surface area (Å²) in [5, 5.41) is 9.72. The van der Waals surface area contributed by atoms with Crippen LogP contribution in [0.25, 0.3) is 0 Å². The topological polar surface area (TPSA) is 41.5 Å². The van der Waals surface area contributed by atoms with Crippen LogP contribution < -0.4 is 5.43 Å². The van der Waals surface area contributed by atoms with Crippen LogP contribution in [-0.2, 0) is 0 Å². The third kappa shape index (κ3) is 2.81. The number of hydrogen-bond acceptors (Lipinski definition) is 4. The maximum absolute atomic E-state index is 11.8. The molecule has 0 saturated heterocycles. The van der Waals surface area contributed by atoms with Crippen LogP contribution in [0.3, 0.4) is 0 Å². The number of aryl methyl sites for hydroxylation is 1. The summed E-state index contributed by atoms with van der Waals surface area (Å²) in [6.45, 7) is 3.95. The van der Waals surface area contributed by atoms with Gasteiger partial charge < -0.3 is 0 Å². The summed E-state index contributed by atoms with van der Waals surface area (Å²) in [5.74, 6) is -0.154. The minimum atomic E-state index is -0.154. The molecule has 0 spiro atoms. The van der Waals surface area contributed by atoms with E-state index in [0.717, 1.165) is 16.0 Å². The number of amides is 1. The first-order valence-electron chi connectivity index (χ1n) is 5.09. The Morgan fingerprint density at radius 2 is 2.24 bits per heavy atom. The zero-order valence-corrected chi connectivity index (χ0v) is 11.2. The summed E-state index contributed by atoms with van der Waals surface area (Å²) in [7, 11) is 0. The number of carbonyl (C=O) groups is 1. The molecule has 17 heavy (non-hydrogen) atoms. The van der Waals surface area contributed by atoms with Gasteiger partial charge in [0.2, 0.25) is 0 Å². The van der Waals surface area contributed by atoms with Crippen molar-refractivity contribution in [3.63, 3.8) is 0 Å². The lowest BCUT2D eigenvalue weighted by molar-refractivity contribution is 0.0955. The molecule has 0 aliphatic rings. The monoisotopic (exact) mass is 264 g/mol. The van der Waals surface area contributed by atoms with Gasteiger partial charge in [-0.2, -0.15) is 16.4 Å². The van der Waals surface area contributed by atoms with Gasteiger partial charge in [0.05, 0.1) is 11.8 Å². The Morgan fingerprint density at radius 1 is 1.41 bits per heavy atom. The van der Waals surface area contributed by atoms with Crippen molar-refractivity contribution in [2.24, 2.45) is 5.10 Å². The molecule has 0 saturated carbocycles. The second-order valence-corrected chi connectivity index (χ2v) is 5.45. The molecule has 0 fully saturated rings. The smallest absolute Gasteiger partial charge is 0.267 e. The van der Waals surface area contributed by atoms with Gasteiger partial charge in [0.15, 0.2) is 0 Å². The van der Waals surface area contributed by atoms with E-state index in [1.165, 1.54) is 0 Å². The Morgan fingerprint density at radius 3 is 2.82 bits per heavy atom. The fourth-order valence-corrected chi connectivity index (χ4v) is 2.79. The van der Waals surface area contributed by atoms with Gasteiger partial charge in [-0.15, -0.1) is 11.3 Å². The van der Waals surface area contributed by atoms with Gasteiger partial charge in [0.1, 0.15) is 0 Å². The van der Waals surface area contributed by atoms with Crippen LogP contribution in [0.2, 0.25) is 0 Å². The van der Waals surface area contributed by atoms with Crippen molar-refractivity contribution in [3.05, 3.63) is 43.8 Å². The molecule has 0 radical (unpaired) electrons. The van der Waals surface area contributed by atoms with E-state index in [-0.39, 0.29) is 5.91 Å². The first kappa shape index (κ1) is 12.0. The standard InChI is InChI=1S/C12H12N2OS2/c1-8-9(2)17-7-11(8)12(15)14-13-5-10-3-4-16-6-10/h3-7H,1-2H3,(H,14,15). The van der Waals surface area contributed by atoms with E-state index in [2.05, 4.69) is 10.5 Å². The summed E-state index contributed by atoms with van der Waals surface area (Å²) in [6.07, 6.45) is 1.64. The second kappa shape index (κ2) is 5.25. The van der Waals surface area contributed by atoms with Gasteiger partial charge in [-0.05, 0) is 36.2 Å². The lowest BCUT2D eigenvalue weighted by Gasteiger charge is -1.98. The molecular formula is C12H12N2OS2. The highest BCUT2D eigenvalue weighted by Crippen LogP contribution is 2.20. The maximum atomic E-state index is 11.8. The minimum Gasteiger partial charge on any atom is -0.267 e. The molecule has 5 heteroatoms. The highest BCUT2D eigenvalue weighted by Gasteiger charge is 2.11. The molecule has 0 aliphatic heterocycles. The molecule has 3 nitrogen and oxygen atoms in total. The molecule has 2 heterocycles. The molecule has 0 aliphatic carbocycles. The number of nitrogens with zero attached hydrogens (tertiary/aromatic N) is 1.